The van der Waals surface area contributed by atoms with Crippen LogP contribution >= 0.6 is 0 Å². The van der Waals surface area contributed by atoms with Crippen LogP contribution in [0.25, 0.3) is 0 Å². The molecular weight excluding hydrogens is 400 g/mol. The number of ether oxygens (including phenoxy) is 1. The number of hydrogen-bond donors (Lipinski definition) is 0. The predicted octanol–water partition coefficient (Wildman–Crippen LogP) is 4.83. The summed E-state index contributed by atoms with van der Waals surface area (Å²) in [7, 11) is 1.91. The van der Waals surface area contributed by atoms with Crippen LogP contribution in [0.2, 0.25) is 0 Å². The number of carbonyl (C=O) groups is 2. The predicted molar refractivity (Wildman–Crippen MR) is 127 cm³/mol. The number of hydrogen-bond acceptors (Lipinski definition) is 3. The SMILES string of the molecule is CN1CCOc2ccccc2CCCCCC2(CCN(C(=O)CC3CCCC3)CC2)C1=O. The number of amides is 2. The Morgan fingerprint density at radius 3 is 2.53 bits per heavy atom. The first-order valence-electron chi connectivity index (χ1n) is 12.8. The third-order valence-electron chi connectivity index (χ3n) is 8.07. The molecule has 0 bridgehead atoms. The molecule has 0 aromatic heterocycles. The van der Waals surface area contributed by atoms with E-state index in [4.69, 9.17) is 4.74 Å². The van der Waals surface area contributed by atoms with Gasteiger partial charge in [-0.2, -0.15) is 0 Å². The molecule has 4 rings (SSSR count). The lowest BCUT2D eigenvalue weighted by atomic mass is 9.73. The maximum Gasteiger partial charge on any atom is 0.228 e. The fraction of sp³-hybridized carbons (Fsp3) is 0.704. The number of aryl methyl sites for hydroxylation is 1. The smallest absolute Gasteiger partial charge is 0.228 e. The van der Waals surface area contributed by atoms with E-state index in [1.54, 1.807) is 0 Å². The van der Waals surface area contributed by atoms with E-state index in [2.05, 4.69) is 12.1 Å². The second kappa shape index (κ2) is 10.7. The van der Waals surface area contributed by atoms with Gasteiger partial charge in [0.1, 0.15) is 12.4 Å². The fourth-order valence-corrected chi connectivity index (χ4v) is 5.95. The molecule has 1 spiro atoms. The van der Waals surface area contributed by atoms with Gasteiger partial charge in [-0.1, -0.05) is 43.9 Å². The van der Waals surface area contributed by atoms with E-state index in [1.165, 1.54) is 31.2 Å². The van der Waals surface area contributed by atoms with E-state index in [-0.39, 0.29) is 11.3 Å². The number of benzene rings is 1. The molecule has 0 N–H and O–H groups in total. The summed E-state index contributed by atoms with van der Waals surface area (Å²) in [4.78, 5) is 30.3. The monoisotopic (exact) mass is 440 g/mol. The summed E-state index contributed by atoms with van der Waals surface area (Å²) in [5.41, 5.74) is 0.948. The third-order valence-corrected chi connectivity index (χ3v) is 8.07. The first-order chi connectivity index (χ1) is 15.6. The number of piperidine rings is 1. The van der Waals surface area contributed by atoms with Gasteiger partial charge < -0.3 is 14.5 Å². The molecule has 0 unspecified atom stereocenters. The van der Waals surface area contributed by atoms with Crippen molar-refractivity contribution >= 4 is 11.8 Å². The molecule has 3 aliphatic rings. The van der Waals surface area contributed by atoms with Gasteiger partial charge in [-0.05, 0) is 62.5 Å². The summed E-state index contributed by atoms with van der Waals surface area (Å²) in [6.07, 6.45) is 12.5. The summed E-state index contributed by atoms with van der Waals surface area (Å²) in [6.45, 7) is 2.57. The van der Waals surface area contributed by atoms with E-state index in [1.807, 2.05) is 29.0 Å². The fourth-order valence-electron chi connectivity index (χ4n) is 5.95. The van der Waals surface area contributed by atoms with Crippen molar-refractivity contribution in [2.45, 2.75) is 77.0 Å². The molecule has 5 nitrogen and oxygen atoms in total. The van der Waals surface area contributed by atoms with Gasteiger partial charge in [0.2, 0.25) is 11.8 Å². The number of nitrogens with zero attached hydrogens (tertiary/aromatic N) is 2. The molecule has 2 aliphatic heterocycles. The summed E-state index contributed by atoms with van der Waals surface area (Å²) < 4.78 is 6.06. The van der Waals surface area contributed by atoms with Crippen LogP contribution in [0.15, 0.2) is 24.3 Å². The van der Waals surface area contributed by atoms with Crippen molar-refractivity contribution in [3.8, 4) is 5.75 Å². The Morgan fingerprint density at radius 1 is 1.00 bits per heavy atom. The minimum Gasteiger partial charge on any atom is -0.491 e. The highest BCUT2D eigenvalue weighted by Crippen LogP contribution is 2.39. The molecular formula is C27H40N2O3. The number of rotatable bonds is 2. The average Bonchev–Trinajstić information content (AvgIpc) is 3.32. The molecule has 2 fully saturated rings. The van der Waals surface area contributed by atoms with Crippen LogP contribution in [0.1, 0.15) is 76.2 Å². The maximum atomic E-state index is 13.6. The largest absolute Gasteiger partial charge is 0.491 e. The van der Waals surface area contributed by atoms with E-state index in [0.29, 0.717) is 31.4 Å². The number of carbonyl (C=O) groups excluding carboxylic acids is 2. The summed E-state index contributed by atoms with van der Waals surface area (Å²) in [5, 5.41) is 0. The quantitative estimate of drug-likeness (QED) is 0.662. The molecule has 1 aliphatic carbocycles. The number of likely N-dealkylation sites (N-methyl/N-ethyl adjacent to an activating group) is 1. The molecule has 2 heterocycles. The number of likely N-dealkylation sites (tertiary alicyclic amines) is 1. The molecule has 1 aromatic carbocycles. The lowest BCUT2D eigenvalue weighted by molar-refractivity contribution is -0.148. The Morgan fingerprint density at radius 2 is 1.75 bits per heavy atom. The topological polar surface area (TPSA) is 49.9 Å². The van der Waals surface area contributed by atoms with Gasteiger partial charge in [0.15, 0.2) is 0 Å². The molecule has 176 valence electrons. The van der Waals surface area contributed by atoms with Crippen LogP contribution in [0.4, 0.5) is 0 Å². The van der Waals surface area contributed by atoms with Gasteiger partial charge in [-0.15, -0.1) is 0 Å². The van der Waals surface area contributed by atoms with Crippen molar-refractivity contribution in [2.24, 2.45) is 11.3 Å². The normalized spacial score (nSPS) is 23.1. The standard InChI is InChI=1S/C27H40N2O3/c1-28-19-20-32-24-13-7-6-12-23(24)11-3-2-8-14-27(26(28)31)15-17-29(18-16-27)25(30)21-22-9-4-5-10-22/h6-7,12-13,22H,2-5,8-11,14-21H2,1H3. The van der Waals surface area contributed by atoms with Crippen molar-refractivity contribution in [1.82, 2.24) is 9.80 Å². The van der Waals surface area contributed by atoms with E-state index in [0.717, 1.165) is 63.8 Å². The van der Waals surface area contributed by atoms with Crippen LogP contribution in [0, 0.1) is 11.3 Å². The number of para-hydroxylation sites is 1. The zero-order valence-electron chi connectivity index (χ0n) is 19.8. The first kappa shape index (κ1) is 23.1. The average molecular weight is 441 g/mol. The van der Waals surface area contributed by atoms with Crippen molar-refractivity contribution < 1.29 is 14.3 Å². The van der Waals surface area contributed by atoms with Crippen molar-refractivity contribution in [2.75, 3.05) is 33.3 Å². The molecule has 0 atom stereocenters. The molecule has 5 heteroatoms. The second-order valence-corrected chi connectivity index (χ2v) is 10.3. The Balaban J connectivity index is 1.38. The maximum absolute atomic E-state index is 13.6. The van der Waals surface area contributed by atoms with Gasteiger partial charge in [0, 0.05) is 26.6 Å². The lowest BCUT2D eigenvalue weighted by Crippen LogP contribution is -2.51. The van der Waals surface area contributed by atoms with Crippen LogP contribution in [0.5, 0.6) is 5.75 Å². The van der Waals surface area contributed by atoms with Gasteiger partial charge in [0.25, 0.3) is 0 Å². The van der Waals surface area contributed by atoms with E-state index < -0.39 is 0 Å². The van der Waals surface area contributed by atoms with Gasteiger partial charge in [0.05, 0.1) is 12.0 Å². The molecule has 0 radical (unpaired) electrons. The summed E-state index contributed by atoms with van der Waals surface area (Å²) in [5.74, 6) is 2.09. The molecule has 1 saturated heterocycles. The van der Waals surface area contributed by atoms with Crippen molar-refractivity contribution in [1.29, 1.82) is 0 Å². The molecule has 1 saturated carbocycles. The van der Waals surface area contributed by atoms with E-state index in [9.17, 15) is 9.59 Å². The van der Waals surface area contributed by atoms with Crippen LogP contribution in [-0.2, 0) is 16.0 Å². The Hall–Kier alpha value is -2.04. The highest BCUT2D eigenvalue weighted by Gasteiger charge is 2.43. The summed E-state index contributed by atoms with van der Waals surface area (Å²) in [6, 6.07) is 8.29. The third kappa shape index (κ3) is 5.47. The van der Waals surface area contributed by atoms with Crippen molar-refractivity contribution in [3.63, 3.8) is 0 Å². The van der Waals surface area contributed by atoms with Crippen LogP contribution < -0.4 is 4.74 Å². The zero-order valence-corrected chi connectivity index (χ0v) is 19.8. The highest BCUT2D eigenvalue weighted by molar-refractivity contribution is 5.83. The van der Waals surface area contributed by atoms with Crippen LogP contribution in [0.3, 0.4) is 0 Å². The molecule has 2 amide bonds. The summed E-state index contributed by atoms with van der Waals surface area (Å²) >= 11 is 0. The Labute approximate surface area is 193 Å². The van der Waals surface area contributed by atoms with Gasteiger partial charge in [-0.25, -0.2) is 0 Å². The van der Waals surface area contributed by atoms with Gasteiger partial charge in [-0.3, -0.25) is 9.59 Å². The Bertz CT molecular complexity index is 779. The minimum absolute atomic E-state index is 0.247. The molecule has 32 heavy (non-hydrogen) atoms. The molecule has 1 aromatic rings. The zero-order chi connectivity index (χ0) is 22.4. The van der Waals surface area contributed by atoms with E-state index >= 15 is 0 Å². The lowest BCUT2D eigenvalue weighted by Gasteiger charge is -2.43. The van der Waals surface area contributed by atoms with Crippen LogP contribution in [-0.4, -0.2) is 54.9 Å². The van der Waals surface area contributed by atoms with Gasteiger partial charge >= 0.3 is 0 Å². The second-order valence-electron chi connectivity index (χ2n) is 10.3. The first-order valence-corrected chi connectivity index (χ1v) is 12.8. The van der Waals surface area contributed by atoms with Crippen molar-refractivity contribution in [3.05, 3.63) is 29.8 Å². The highest BCUT2D eigenvalue weighted by atomic mass is 16.5. The minimum atomic E-state index is -0.320. The Kier molecular flexibility index (Phi) is 7.75. The number of fused-ring (bicyclic) bond motifs is 1.